The largest absolute Gasteiger partial charge is 0.488 e. The van der Waals surface area contributed by atoms with Gasteiger partial charge in [-0.25, -0.2) is 0 Å². The van der Waals surface area contributed by atoms with Crippen LogP contribution in [0, 0.1) is 6.92 Å². The van der Waals surface area contributed by atoms with Crippen molar-refractivity contribution in [3.05, 3.63) is 97.8 Å². The van der Waals surface area contributed by atoms with Gasteiger partial charge in [0, 0.05) is 10.7 Å². The van der Waals surface area contributed by atoms with Crippen LogP contribution in [0.3, 0.4) is 0 Å². The van der Waals surface area contributed by atoms with Crippen LogP contribution in [0.25, 0.3) is 6.08 Å². The van der Waals surface area contributed by atoms with Crippen LogP contribution >= 0.6 is 39.3 Å². The molecule has 0 spiro atoms. The second kappa shape index (κ2) is 9.81. The molecule has 4 rings (SSSR count). The van der Waals surface area contributed by atoms with Crippen molar-refractivity contribution in [3.8, 4) is 5.75 Å². The third-order valence-electron chi connectivity index (χ3n) is 4.70. The summed E-state index contributed by atoms with van der Waals surface area (Å²) in [6, 6.07) is 21.4. The van der Waals surface area contributed by atoms with Crippen molar-refractivity contribution in [2.75, 3.05) is 5.32 Å². The highest BCUT2D eigenvalue weighted by atomic mass is 79.9. The first-order valence-corrected chi connectivity index (χ1v) is 11.7. The van der Waals surface area contributed by atoms with E-state index in [0.29, 0.717) is 16.5 Å². The van der Waals surface area contributed by atoms with Gasteiger partial charge in [-0.2, -0.15) is 0 Å². The van der Waals surface area contributed by atoms with Gasteiger partial charge in [0.25, 0.3) is 5.91 Å². The smallest absolute Gasteiger partial charge is 0.260 e. The van der Waals surface area contributed by atoms with Crippen LogP contribution in [0.5, 0.6) is 5.75 Å². The van der Waals surface area contributed by atoms with E-state index in [2.05, 4.69) is 26.6 Å². The van der Waals surface area contributed by atoms with Gasteiger partial charge in [-0.1, -0.05) is 59.8 Å². The number of aryl methyl sites for hydroxylation is 1. The maximum absolute atomic E-state index is 12.4. The Morgan fingerprint density at radius 3 is 2.71 bits per heavy atom. The number of hydrogen-bond donors (Lipinski definition) is 2. The molecule has 0 saturated carbocycles. The van der Waals surface area contributed by atoms with Gasteiger partial charge in [0.05, 0.1) is 9.38 Å². The maximum atomic E-state index is 12.4. The molecule has 1 aliphatic rings. The van der Waals surface area contributed by atoms with Gasteiger partial charge in [-0.3, -0.25) is 4.79 Å². The van der Waals surface area contributed by atoms with Crippen LogP contribution in [0.2, 0.25) is 5.02 Å². The minimum Gasteiger partial charge on any atom is -0.488 e. The second-order valence-corrected chi connectivity index (χ2v) is 9.49. The zero-order valence-electron chi connectivity index (χ0n) is 16.7. The van der Waals surface area contributed by atoms with Gasteiger partial charge in [-0.05, 0) is 76.0 Å². The number of nitrogens with one attached hydrogen (secondary N) is 2. The predicted octanol–water partition coefficient (Wildman–Crippen LogP) is 6.59. The highest BCUT2D eigenvalue weighted by Crippen LogP contribution is 2.33. The molecule has 0 radical (unpaired) electrons. The molecule has 1 amide bonds. The summed E-state index contributed by atoms with van der Waals surface area (Å²) in [5, 5.41) is 6.98. The Bertz CT molecular complexity index is 1140. The van der Waals surface area contributed by atoms with Crippen LogP contribution in [0.1, 0.15) is 16.7 Å². The van der Waals surface area contributed by atoms with Crippen molar-refractivity contribution in [1.29, 1.82) is 0 Å². The van der Waals surface area contributed by atoms with E-state index in [-0.39, 0.29) is 11.4 Å². The molecule has 1 heterocycles. The Hall–Kier alpha value is -2.41. The summed E-state index contributed by atoms with van der Waals surface area (Å²) in [6.45, 7) is 2.47. The van der Waals surface area contributed by atoms with E-state index in [0.717, 1.165) is 32.6 Å². The van der Waals surface area contributed by atoms with Crippen LogP contribution in [-0.4, -0.2) is 11.4 Å². The van der Waals surface area contributed by atoms with E-state index in [1.807, 2.05) is 79.7 Å². The number of ether oxygens (including phenoxy) is 1. The Kier molecular flexibility index (Phi) is 6.90. The Balaban J connectivity index is 1.42. The fourth-order valence-corrected chi connectivity index (χ4v) is 4.82. The molecular weight excluding hydrogens is 496 g/mol. The van der Waals surface area contributed by atoms with Gasteiger partial charge >= 0.3 is 0 Å². The molecular formula is C24H20BrClN2O2S. The lowest BCUT2D eigenvalue weighted by Gasteiger charge is -2.15. The number of benzene rings is 3. The van der Waals surface area contributed by atoms with Gasteiger partial charge in [-0.15, -0.1) is 0 Å². The summed E-state index contributed by atoms with van der Waals surface area (Å²) in [5.41, 5.74) is 3.74. The number of anilines is 1. The SMILES string of the molecule is Cc1cc(Cl)ccc1NC1NC(=O)/C(=C/c2ccc(OCc3ccccc3)c(Br)c2)S1. The highest BCUT2D eigenvalue weighted by molar-refractivity contribution is 9.10. The first-order valence-electron chi connectivity index (χ1n) is 9.66. The molecule has 1 atom stereocenters. The van der Waals surface area contributed by atoms with Crippen LogP contribution in [-0.2, 0) is 11.4 Å². The van der Waals surface area contributed by atoms with E-state index in [1.165, 1.54) is 11.8 Å². The molecule has 1 unspecified atom stereocenters. The zero-order valence-corrected chi connectivity index (χ0v) is 19.9. The number of amides is 1. The Labute approximate surface area is 199 Å². The summed E-state index contributed by atoms with van der Waals surface area (Å²) in [6.07, 6.45) is 1.88. The van der Waals surface area contributed by atoms with Gasteiger partial charge in [0.15, 0.2) is 5.50 Å². The fraction of sp³-hybridized carbons (Fsp3) is 0.125. The lowest BCUT2D eigenvalue weighted by Crippen LogP contribution is -2.31. The van der Waals surface area contributed by atoms with Crippen molar-refractivity contribution >= 4 is 57.0 Å². The summed E-state index contributed by atoms with van der Waals surface area (Å²) < 4.78 is 6.74. The Morgan fingerprint density at radius 2 is 1.97 bits per heavy atom. The predicted molar refractivity (Wildman–Crippen MR) is 132 cm³/mol. The third kappa shape index (κ3) is 5.64. The standard InChI is InChI=1S/C24H20BrClN2O2S/c1-15-11-18(26)8-9-20(15)27-24-28-23(29)22(31-24)13-17-7-10-21(19(25)12-17)30-14-16-5-3-2-4-6-16/h2-13,24,27H,14H2,1H3,(H,28,29)/b22-13-. The summed E-state index contributed by atoms with van der Waals surface area (Å²) in [5.74, 6) is 0.655. The number of hydrogen-bond acceptors (Lipinski definition) is 4. The first kappa shape index (κ1) is 21.8. The number of carbonyl (C=O) groups excluding carboxylic acids is 1. The molecule has 31 heavy (non-hydrogen) atoms. The number of halogens is 2. The van der Waals surface area contributed by atoms with E-state index < -0.39 is 0 Å². The van der Waals surface area contributed by atoms with Crippen molar-refractivity contribution in [2.24, 2.45) is 0 Å². The molecule has 0 aliphatic carbocycles. The third-order valence-corrected chi connectivity index (χ3v) is 6.58. The van der Waals surface area contributed by atoms with Crippen molar-refractivity contribution in [1.82, 2.24) is 5.32 Å². The number of rotatable bonds is 6. The Morgan fingerprint density at radius 1 is 1.16 bits per heavy atom. The van der Waals surface area contributed by atoms with Crippen molar-refractivity contribution < 1.29 is 9.53 Å². The summed E-state index contributed by atoms with van der Waals surface area (Å²) in [7, 11) is 0. The van der Waals surface area contributed by atoms with Crippen LogP contribution in [0.4, 0.5) is 5.69 Å². The molecule has 1 aliphatic heterocycles. The average Bonchev–Trinajstić information content (AvgIpc) is 3.09. The van der Waals surface area contributed by atoms with Crippen molar-refractivity contribution in [3.63, 3.8) is 0 Å². The quantitative estimate of drug-likeness (QED) is 0.364. The normalized spacial score (nSPS) is 16.9. The van der Waals surface area contributed by atoms with Gasteiger partial charge in [0.2, 0.25) is 0 Å². The van der Waals surface area contributed by atoms with Crippen LogP contribution in [0.15, 0.2) is 76.1 Å². The second-order valence-electron chi connectivity index (χ2n) is 7.05. The lowest BCUT2D eigenvalue weighted by molar-refractivity contribution is -0.116. The molecule has 0 aromatic heterocycles. The molecule has 0 bridgehead atoms. The van der Waals surface area contributed by atoms with E-state index in [1.54, 1.807) is 0 Å². The summed E-state index contributed by atoms with van der Waals surface area (Å²) >= 11 is 11.0. The van der Waals surface area contributed by atoms with Crippen LogP contribution < -0.4 is 15.4 Å². The molecule has 1 fully saturated rings. The van der Waals surface area contributed by atoms with E-state index >= 15 is 0 Å². The van der Waals surface area contributed by atoms with Gasteiger partial charge in [0.1, 0.15) is 12.4 Å². The van der Waals surface area contributed by atoms with E-state index in [4.69, 9.17) is 16.3 Å². The minimum atomic E-state index is -0.240. The topological polar surface area (TPSA) is 50.4 Å². The van der Waals surface area contributed by atoms with Gasteiger partial charge < -0.3 is 15.4 Å². The lowest BCUT2D eigenvalue weighted by atomic mass is 10.2. The average molecular weight is 516 g/mol. The molecule has 4 nitrogen and oxygen atoms in total. The van der Waals surface area contributed by atoms with Crippen molar-refractivity contribution in [2.45, 2.75) is 19.0 Å². The molecule has 3 aromatic rings. The minimum absolute atomic E-state index is 0.102. The highest BCUT2D eigenvalue weighted by Gasteiger charge is 2.27. The maximum Gasteiger partial charge on any atom is 0.260 e. The molecule has 7 heteroatoms. The fourth-order valence-electron chi connectivity index (χ4n) is 3.11. The number of carbonyl (C=O) groups is 1. The summed E-state index contributed by atoms with van der Waals surface area (Å²) in [4.78, 5) is 13.1. The molecule has 158 valence electrons. The molecule has 1 saturated heterocycles. The first-order chi connectivity index (χ1) is 15.0. The number of thioether (sulfide) groups is 1. The zero-order chi connectivity index (χ0) is 21.8. The van der Waals surface area contributed by atoms with E-state index in [9.17, 15) is 4.79 Å². The monoisotopic (exact) mass is 514 g/mol. The molecule has 3 aromatic carbocycles. The molecule has 2 N–H and O–H groups in total.